The Morgan fingerprint density at radius 3 is 2.22 bits per heavy atom. The maximum atomic E-state index is 13.2. The van der Waals surface area contributed by atoms with Crippen molar-refractivity contribution < 1.29 is 4.79 Å². The minimum absolute atomic E-state index is 0.0386. The lowest BCUT2D eigenvalue weighted by Crippen LogP contribution is -2.27. The summed E-state index contributed by atoms with van der Waals surface area (Å²) in [5, 5.41) is 0. The van der Waals surface area contributed by atoms with Crippen molar-refractivity contribution >= 4 is 5.78 Å². The molecule has 1 fully saturated rings. The first-order valence-corrected chi connectivity index (χ1v) is 13.6. The van der Waals surface area contributed by atoms with Crippen LogP contribution < -0.4 is 0 Å². The molecular formula is C33H44N2O. The lowest BCUT2D eigenvalue weighted by Gasteiger charge is -2.29. The summed E-state index contributed by atoms with van der Waals surface area (Å²) in [5.74, 6) is 0.423. The topological polar surface area (TPSA) is 33.2 Å². The average molecular weight is 485 g/mol. The minimum Gasteiger partial charge on any atom is -0.298 e. The van der Waals surface area contributed by atoms with Gasteiger partial charge in [-0.3, -0.25) is 14.7 Å². The van der Waals surface area contributed by atoms with Gasteiger partial charge < -0.3 is 0 Å². The van der Waals surface area contributed by atoms with E-state index in [4.69, 9.17) is 0 Å². The van der Waals surface area contributed by atoms with Crippen LogP contribution in [-0.2, 0) is 23.1 Å². The second-order valence-electron chi connectivity index (χ2n) is 10.8. The molecule has 0 spiro atoms. The number of carbonyl (C=O) groups is 1. The van der Waals surface area contributed by atoms with Crippen LogP contribution in [0.4, 0.5) is 0 Å². The molecule has 2 unspecified atom stereocenters. The van der Waals surface area contributed by atoms with E-state index in [0.717, 1.165) is 37.9 Å². The number of aromatic nitrogens is 1. The first kappa shape index (κ1) is 27.8. The van der Waals surface area contributed by atoms with Gasteiger partial charge in [0.2, 0.25) is 0 Å². The SMILES string of the molecule is CC.Cc1ccc(CCC2C(=O)CN(CCCc3ccccn3)C2c2ccc(C(C)(C)C)cc2)cc1. The van der Waals surface area contributed by atoms with Gasteiger partial charge in [-0.1, -0.05) is 94.8 Å². The van der Waals surface area contributed by atoms with Crippen molar-refractivity contribution in [3.05, 3.63) is 101 Å². The van der Waals surface area contributed by atoms with Crippen LogP contribution in [0, 0.1) is 12.8 Å². The van der Waals surface area contributed by atoms with Gasteiger partial charge in [-0.15, -0.1) is 0 Å². The van der Waals surface area contributed by atoms with Crippen molar-refractivity contribution in [3.8, 4) is 0 Å². The van der Waals surface area contributed by atoms with Crippen LogP contribution in [-0.4, -0.2) is 28.8 Å². The van der Waals surface area contributed by atoms with E-state index in [0.29, 0.717) is 12.3 Å². The fourth-order valence-corrected chi connectivity index (χ4v) is 5.09. The first-order valence-electron chi connectivity index (χ1n) is 13.6. The largest absolute Gasteiger partial charge is 0.298 e. The molecule has 0 amide bonds. The number of hydrogen-bond acceptors (Lipinski definition) is 3. The molecule has 0 aliphatic carbocycles. The van der Waals surface area contributed by atoms with Crippen LogP contribution in [0.15, 0.2) is 72.9 Å². The molecule has 3 aromatic rings. The number of nitrogens with zero attached hydrogens (tertiary/aromatic N) is 2. The number of hydrogen-bond donors (Lipinski definition) is 0. The van der Waals surface area contributed by atoms with Gasteiger partial charge in [0.1, 0.15) is 0 Å². The van der Waals surface area contributed by atoms with E-state index >= 15 is 0 Å². The molecule has 192 valence electrons. The normalized spacial score (nSPS) is 18.1. The first-order chi connectivity index (χ1) is 17.3. The summed E-state index contributed by atoms with van der Waals surface area (Å²) in [6, 6.07) is 24.0. The van der Waals surface area contributed by atoms with Crippen molar-refractivity contribution in [2.45, 2.75) is 78.7 Å². The fourth-order valence-electron chi connectivity index (χ4n) is 5.09. The minimum atomic E-state index is 0.0386. The van der Waals surface area contributed by atoms with Gasteiger partial charge in [0, 0.05) is 23.9 Å². The third-order valence-electron chi connectivity index (χ3n) is 7.13. The monoisotopic (exact) mass is 484 g/mol. The summed E-state index contributed by atoms with van der Waals surface area (Å²) in [4.78, 5) is 20.1. The zero-order valence-electron chi connectivity index (χ0n) is 23.1. The number of likely N-dealkylation sites (tertiary alicyclic amines) is 1. The summed E-state index contributed by atoms with van der Waals surface area (Å²) in [5.41, 5.74) is 6.43. The molecule has 0 bridgehead atoms. The van der Waals surface area contributed by atoms with E-state index in [9.17, 15) is 4.79 Å². The molecule has 1 aliphatic rings. The van der Waals surface area contributed by atoms with Crippen LogP contribution in [0.1, 0.15) is 81.4 Å². The number of benzene rings is 2. The maximum Gasteiger partial charge on any atom is 0.151 e. The summed E-state index contributed by atoms with van der Waals surface area (Å²) in [6.45, 7) is 14.3. The van der Waals surface area contributed by atoms with Crippen molar-refractivity contribution in [2.24, 2.45) is 5.92 Å². The molecule has 1 saturated heterocycles. The molecule has 3 nitrogen and oxygen atoms in total. The lowest BCUT2D eigenvalue weighted by molar-refractivity contribution is -0.120. The Labute approximate surface area is 219 Å². The fraction of sp³-hybridized carbons (Fsp3) is 0.455. The third-order valence-corrected chi connectivity index (χ3v) is 7.13. The Morgan fingerprint density at radius 2 is 1.61 bits per heavy atom. The molecule has 0 saturated carbocycles. The lowest BCUT2D eigenvalue weighted by atomic mass is 9.84. The molecule has 1 aromatic heterocycles. The van der Waals surface area contributed by atoms with Gasteiger partial charge in [-0.05, 0) is 73.4 Å². The highest BCUT2D eigenvalue weighted by Gasteiger charge is 2.40. The van der Waals surface area contributed by atoms with E-state index in [2.05, 4.69) is 92.2 Å². The Morgan fingerprint density at radius 1 is 0.917 bits per heavy atom. The van der Waals surface area contributed by atoms with Crippen LogP contribution in [0.5, 0.6) is 0 Å². The van der Waals surface area contributed by atoms with Gasteiger partial charge in [-0.2, -0.15) is 0 Å². The van der Waals surface area contributed by atoms with E-state index in [1.165, 1.54) is 22.3 Å². The molecule has 4 rings (SSSR count). The molecule has 1 aliphatic heterocycles. The molecule has 2 atom stereocenters. The number of rotatable bonds is 8. The molecular weight excluding hydrogens is 440 g/mol. The van der Waals surface area contributed by atoms with Crippen molar-refractivity contribution in [3.63, 3.8) is 0 Å². The Hall–Kier alpha value is -2.78. The van der Waals surface area contributed by atoms with Crippen LogP contribution >= 0.6 is 0 Å². The number of Topliss-reactive ketones (excluding diaryl/α,β-unsaturated/α-hetero) is 1. The molecule has 2 heterocycles. The predicted molar refractivity (Wildman–Crippen MR) is 151 cm³/mol. The van der Waals surface area contributed by atoms with Crippen molar-refractivity contribution in [1.82, 2.24) is 9.88 Å². The van der Waals surface area contributed by atoms with E-state index in [-0.39, 0.29) is 17.4 Å². The second-order valence-corrected chi connectivity index (χ2v) is 10.8. The summed E-state index contributed by atoms with van der Waals surface area (Å²) in [6.07, 6.45) is 5.63. The Balaban J connectivity index is 0.00000176. The summed E-state index contributed by atoms with van der Waals surface area (Å²) in [7, 11) is 0. The molecule has 0 radical (unpaired) electrons. The Bertz CT molecular complexity index is 1070. The van der Waals surface area contributed by atoms with Gasteiger partial charge in [0.15, 0.2) is 5.78 Å². The maximum absolute atomic E-state index is 13.2. The van der Waals surface area contributed by atoms with Crippen LogP contribution in [0.25, 0.3) is 0 Å². The van der Waals surface area contributed by atoms with Crippen molar-refractivity contribution in [1.29, 1.82) is 0 Å². The summed E-state index contributed by atoms with van der Waals surface area (Å²) < 4.78 is 0. The smallest absolute Gasteiger partial charge is 0.151 e. The van der Waals surface area contributed by atoms with E-state index in [1.807, 2.05) is 32.2 Å². The number of carbonyl (C=O) groups excluding carboxylic acids is 1. The molecule has 2 aromatic carbocycles. The average Bonchev–Trinajstić information content (AvgIpc) is 3.20. The highest BCUT2D eigenvalue weighted by Crippen LogP contribution is 2.39. The van der Waals surface area contributed by atoms with Gasteiger partial charge in [0.25, 0.3) is 0 Å². The standard InChI is InChI=1S/C31H38N2O.C2H6/c1-23-10-12-24(13-11-23)14-19-28-29(34)22-33(21-7-9-27-8-5-6-20-32-27)30(28)25-15-17-26(18-16-25)31(2,3)4;1-2/h5-6,8,10-13,15-18,20,28,30H,7,9,14,19,21-22H2,1-4H3;1-2H3. The molecule has 0 N–H and O–H groups in total. The number of ketones is 1. The van der Waals surface area contributed by atoms with E-state index in [1.54, 1.807) is 0 Å². The van der Waals surface area contributed by atoms with Crippen LogP contribution in [0.3, 0.4) is 0 Å². The highest BCUT2D eigenvalue weighted by molar-refractivity contribution is 5.86. The third kappa shape index (κ3) is 7.36. The van der Waals surface area contributed by atoms with E-state index < -0.39 is 0 Å². The quantitative estimate of drug-likeness (QED) is 0.331. The van der Waals surface area contributed by atoms with Crippen LogP contribution in [0.2, 0.25) is 0 Å². The Kier molecular flexibility index (Phi) is 10.0. The second kappa shape index (κ2) is 13.0. The highest BCUT2D eigenvalue weighted by atomic mass is 16.1. The zero-order chi connectivity index (χ0) is 26.1. The molecule has 3 heteroatoms. The van der Waals surface area contributed by atoms with Gasteiger partial charge in [-0.25, -0.2) is 0 Å². The van der Waals surface area contributed by atoms with Gasteiger partial charge >= 0.3 is 0 Å². The van der Waals surface area contributed by atoms with Crippen molar-refractivity contribution in [2.75, 3.05) is 13.1 Å². The predicted octanol–water partition coefficient (Wildman–Crippen LogP) is 7.52. The number of aryl methyl sites for hydroxylation is 3. The molecule has 36 heavy (non-hydrogen) atoms. The number of pyridine rings is 1. The zero-order valence-corrected chi connectivity index (χ0v) is 23.1. The summed E-state index contributed by atoms with van der Waals surface area (Å²) >= 11 is 0. The van der Waals surface area contributed by atoms with Gasteiger partial charge in [0.05, 0.1) is 6.54 Å².